The topological polar surface area (TPSA) is 126 Å². The molecular formula is C28H37N3O4. The standard InChI is InChI=1S/C28H37N3O4/c1-16-21(31-25(35)17-7-8-22(29)30-15-17)14-28(5)26(2,3)9-6-10-27(28,4)23(16)24(34)18-11-19(32)13-20(33)12-18/h7-8,11-13,15-16,21,23,32-33H,6,9-10,14H2,1-5H3,(H2,29,30)(H,31,35)/t16-,21-,23-,27-,28+/m1/s1. The summed E-state index contributed by atoms with van der Waals surface area (Å²) in [7, 11) is 0. The molecule has 1 amide bonds. The maximum Gasteiger partial charge on any atom is 0.253 e. The molecule has 0 bridgehead atoms. The van der Waals surface area contributed by atoms with Crippen molar-refractivity contribution >= 4 is 17.5 Å². The van der Waals surface area contributed by atoms with Crippen molar-refractivity contribution in [3.8, 4) is 11.5 Å². The third-order valence-electron chi connectivity index (χ3n) is 9.56. The monoisotopic (exact) mass is 479 g/mol. The fourth-order valence-corrected chi connectivity index (χ4v) is 7.09. The highest BCUT2D eigenvalue weighted by Crippen LogP contribution is 2.69. The first kappa shape index (κ1) is 25.0. The van der Waals surface area contributed by atoms with Crippen LogP contribution in [0, 0.1) is 28.1 Å². The van der Waals surface area contributed by atoms with Gasteiger partial charge >= 0.3 is 0 Å². The maximum absolute atomic E-state index is 14.1. The molecule has 35 heavy (non-hydrogen) atoms. The number of hydrogen-bond donors (Lipinski definition) is 4. The summed E-state index contributed by atoms with van der Waals surface area (Å²) in [4.78, 5) is 31.3. The van der Waals surface area contributed by atoms with Crippen molar-refractivity contribution in [1.82, 2.24) is 10.3 Å². The summed E-state index contributed by atoms with van der Waals surface area (Å²) >= 11 is 0. The van der Waals surface area contributed by atoms with Crippen LogP contribution in [0.2, 0.25) is 0 Å². The summed E-state index contributed by atoms with van der Waals surface area (Å²) in [5.74, 6) is -0.857. The van der Waals surface area contributed by atoms with Crippen LogP contribution in [0.4, 0.5) is 5.82 Å². The molecule has 2 saturated carbocycles. The molecule has 5 N–H and O–H groups in total. The van der Waals surface area contributed by atoms with Crippen molar-refractivity contribution < 1.29 is 19.8 Å². The number of carbonyl (C=O) groups excluding carboxylic acids is 2. The second kappa shape index (κ2) is 8.54. The van der Waals surface area contributed by atoms with Crippen LogP contribution in [0.5, 0.6) is 11.5 Å². The fraction of sp³-hybridized carbons (Fsp3) is 0.536. The van der Waals surface area contributed by atoms with Crippen molar-refractivity contribution in [2.45, 2.75) is 66.3 Å². The number of aromatic nitrogens is 1. The van der Waals surface area contributed by atoms with E-state index in [9.17, 15) is 19.8 Å². The smallest absolute Gasteiger partial charge is 0.253 e. The molecule has 2 fully saturated rings. The number of phenolic OH excluding ortho intramolecular Hbond substituents is 2. The van der Waals surface area contributed by atoms with Gasteiger partial charge in [0.15, 0.2) is 5.78 Å². The van der Waals surface area contributed by atoms with Gasteiger partial charge in [0, 0.05) is 29.8 Å². The van der Waals surface area contributed by atoms with Gasteiger partial charge in [-0.2, -0.15) is 0 Å². The number of rotatable bonds is 4. The number of anilines is 1. The van der Waals surface area contributed by atoms with Crippen LogP contribution < -0.4 is 11.1 Å². The number of ketones is 1. The molecule has 1 aromatic heterocycles. The first-order valence-electron chi connectivity index (χ1n) is 12.4. The third kappa shape index (κ3) is 4.05. The van der Waals surface area contributed by atoms with Crippen molar-refractivity contribution in [3.63, 3.8) is 0 Å². The Balaban J connectivity index is 1.77. The summed E-state index contributed by atoms with van der Waals surface area (Å²) in [5.41, 5.74) is 5.79. The lowest BCUT2D eigenvalue weighted by molar-refractivity contribution is -0.163. The molecule has 2 aromatic rings. The maximum atomic E-state index is 14.1. The second-order valence-electron chi connectivity index (χ2n) is 11.7. The molecule has 5 atom stereocenters. The van der Waals surface area contributed by atoms with Crippen LogP contribution >= 0.6 is 0 Å². The first-order chi connectivity index (χ1) is 16.3. The van der Waals surface area contributed by atoms with E-state index in [1.807, 2.05) is 6.92 Å². The van der Waals surface area contributed by atoms with Crippen LogP contribution in [0.3, 0.4) is 0 Å². The van der Waals surface area contributed by atoms with Gasteiger partial charge in [-0.3, -0.25) is 9.59 Å². The molecule has 188 valence electrons. The number of fused-ring (bicyclic) bond motifs is 1. The fourth-order valence-electron chi connectivity index (χ4n) is 7.09. The number of aromatic hydroxyl groups is 2. The lowest BCUT2D eigenvalue weighted by Gasteiger charge is -2.67. The zero-order valence-electron chi connectivity index (χ0n) is 21.3. The third-order valence-corrected chi connectivity index (χ3v) is 9.56. The van der Waals surface area contributed by atoms with Gasteiger partial charge in [0.25, 0.3) is 5.91 Å². The van der Waals surface area contributed by atoms with E-state index in [2.05, 4.69) is 38.0 Å². The number of nitrogens with two attached hydrogens (primary N) is 1. The molecule has 0 aliphatic heterocycles. The normalized spacial score (nSPS) is 31.9. The molecule has 0 saturated heterocycles. The molecule has 2 aliphatic rings. The summed E-state index contributed by atoms with van der Waals surface area (Å²) < 4.78 is 0. The number of amides is 1. The number of benzene rings is 1. The number of nitrogen functional groups attached to an aromatic ring is 1. The lowest BCUT2D eigenvalue weighted by Crippen LogP contribution is -2.65. The Labute approximate surface area is 207 Å². The summed E-state index contributed by atoms with van der Waals surface area (Å²) in [5, 5.41) is 23.3. The van der Waals surface area contributed by atoms with Gasteiger partial charge in [-0.15, -0.1) is 0 Å². The van der Waals surface area contributed by atoms with Gasteiger partial charge in [0.05, 0.1) is 5.56 Å². The lowest BCUT2D eigenvalue weighted by atomic mass is 9.38. The van der Waals surface area contributed by atoms with E-state index < -0.39 is 5.92 Å². The summed E-state index contributed by atoms with van der Waals surface area (Å²) in [6, 6.07) is 7.08. The van der Waals surface area contributed by atoms with Gasteiger partial charge in [-0.05, 0) is 65.7 Å². The Morgan fingerprint density at radius 2 is 1.69 bits per heavy atom. The minimum atomic E-state index is -0.406. The van der Waals surface area contributed by atoms with E-state index >= 15 is 0 Å². The average Bonchev–Trinajstić information content (AvgIpc) is 2.76. The minimum absolute atomic E-state index is 0.0502. The van der Waals surface area contributed by atoms with Crippen molar-refractivity contribution in [2.24, 2.45) is 28.1 Å². The van der Waals surface area contributed by atoms with E-state index in [1.54, 1.807) is 12.1 Å². The van der Waals surface area contributed by atoms with E-state index in [0.29, 0.717) is 16.9 Å². The number of carbonyl (C=O) groups is 2. The Morgan fingerprint density at radius 1 is 1.03 bits per heavy atom. The van der Waals surface area contributed by atoms with Gasteiger partial charge < -0.3 is 21.3 Å². The van der Waals surface area contributed by atoms with E-state index in [0.717, 1.165) is 25.7 Å². The van der Waals surface area contributed by atoms with Gasteiger partial charge in [-0.25, -0.2) is 4.98 Å². The highest BCUT2D eigenvalue weighted by Gasteiger charge is 2.65. The van der Waals surface area contributed by atoms with E-state index in [-0.39, 0.29) is 51.4 Å². The molecule has 0 spiro atoms. The molecule has 7 nitrogen and oxygen atoms in total. The first-order valence-corrected chi connectivity index (χ1v) is 12.4. The van der Waals surface area contributed by atoms with Crippen LogP contribution in [-0.4, -0.2) is 32.9 Å². The number of nitrogens with zero attached hydrogens (tertiary/aromatic N) is 1. The number of Topliss-reactive ketones (excluding diaryl/α,β-unsaturated/α-hetero) is 1. The van der Waals surface area contributed by atoms with Crippen LogP contribution in [-0.2, 0) is 0 Å². The summed E-state index contributed by atoms with van der Waals surface area (Å²) in [6.45, 7) is 11.1. The van der Waals surface area contributed by atoms with E-state index in [4.69, 9.17) is 5.73 Å². The molecule has 0 radical (unpaired) electrons. The van der Waals surface area contributed by atoms with Crippen molar-refractivity contribution in [2.75, 3.05) is 5.73 Å². The predicted molar refractivity (Wildman–Crippen MR) is 135 cm³/mol. The van der Waals surface area contributed by atoms with Crippen LogP contribution in [0.25, 0.3) is 0 Å². The van der Waals surface area contributed by atoms with Gasteiger partial charge in [0.2, 0.25) is 0 Å². The predicted octanol–water partition coefficient (Wildman–Crippen LogP) is 4.94. The highest BCUT2D eigenvalue weighted by molar-refractivity contribution is 6.00. The highest BCUT2D eigenvalue weighted by atomic mass is 16.3. The zero-order valence-corrected chi connectivity index (χ0v) is 21.3. The molecule has 0 unspecified atom stereocenters. The van der Waals surface area contributed by atoms with Gasteiger partial charge in [-0.1, -0.05) is 41.0 Å². The molecule has 4 rings (SSSR count). The minimum Gasteiger partial charge on any atom is -0.508 e. The number of hydrogen-bond acceptors (Lipinski definition) is 6. The Bertz CT molecular complexity index is 1130. The Kier molecular flexibility index (Phi) is 6.10. The SMILES string of the molecule is C[C@@H]1[C@H](NC(=O)c2ccc(N)nc2)C[C@@]2(C)C(C)(C)CCC[C@]2(C)[C@H]1C(=O)c1cc(O)cc(O)c1. The second-order valence-corrected chi connectivity index (χ2v) is 11.7. The van der Waals surface area contributed by atoms with E-state index in [1.165, 1.54) is 24.4 Å². The largest absolute Gasteiger partial charge is 0.508 e. The van der Waals surface area contributed by atoms with Crippen molar-refractivity contribution in [3.05, 3.63) is 47.7 Å². The number of pyridine rings is 1. The van der Waals surface area contributed by atoms with Gasteiger partial charge in [0.1, 0.15) is 17.3 Å². The average molecular weight is 480 g/mol. The number of phenols is 2. The van der Waals surface area contributed by atoms with Crippen molar-refractivity contribution in [1.29, 1.82) is 0 Å². The Hall–Kier alpha value is -3.09. The molecule has 2 aliphatic carbocycles. The molecular weight excluding hydrogens is 442 g/mol. The zero-order chi connectivity index (χ0) is 25.8. The molecule has 1 heterocycles. The summed E-state index contributed by atoms with van der Waals surface area (Å²) in [6.07, 6.45) is 5.19. The number of nitrogens with one attached hydrogen (secondary N) is 1. The van der Waals surface area contributed by atoms with Crippen LogP contribution in [0.1, 0.15) is 81.0 Å². The molecule has 7 heteroatoms. The quantitative estimate of drug-likeness (QED) is 0.461. The van der Waals surface area contributed by atoms with Crippen LogP contribution in [0.15, 0.2) is 36.5 Å². The molecule has 1 aromatic carbocycles. The Morgan fingerprint density at radius 3 is 2.29 bits per heavy atom.